The highest BCUT2D eigenvalue weighted by Crippen LogP contribution is 2.11. The van der Waals surface area contributed by atoms with Gasteiger partial charge in [-0.25, -0.2) is 0 Å². The van der Waals surface area contributed by atoms with E-state index in [0.717, 1.165) is 17.9 Å². The van der Waals surface area contributed by atoms with Crippen molar-refractivity contribution in [2.24, 2.45) is 0 Å². The summed E-state index contributed by atoms with van der Waals surface area (Å²) in [5.41, 5.74) is 2.42. The minimum Gasteiger partial charge on any atom is -0.497 e. The molecule has 0 aromatic heterocycles. The van der Waals surface area contributed by atoms with Gasteiger partial charge in [-0.3, -0.25) is 0 Å². The third-order valence-electron chi connectivity index (χ3n) is 2.66. The standard InChI is InChI=1S/C16H17NO/c1-18-16-9-7-14(8-10-16)11-12-17-13-15-5-3-2-4-6-15/h2-12,17H,13H2,1H3. The lowest BCUT2D eigenvalue weighted by atomic mass is 10.2. The smallest absolute Gasteiger partial charge is 0.118 e. The van der Waals surface area contributed by atoms with Crippen LogP contribution in [0.1, 0.15) is 11.1 Å². The van der Waals surface area contributed by atoms with E-state index in [1.807, 2.05) is 54.7 Å². The molecule has 2 heteroatoms. The number of ether oxygens (including phenoxy) is 1. The summed E-state index contributed by atoms with van der Waals surface area (Å²) in [5.74, 6) is 0.879. The first-order valence-electron chi connectivity index (χ1n) is 5.96. The van der Waals surface area contributed by atoms with Gasteiger partial charge in [-0.05, 0) is 35.5 Å². The number of methoxy groups -OCH3 is 1. The topological polar surface area (TPSA) is 21.3 Å². The van der Waals surface area contributed by atoms with Crippen molar-refractivity contribution in [1.29, 1.82) is 0 Å². The second-order valence-corrected chi connectivity index (χ2v) is 3.97. The molecule has 0 aliphatic carbocycles. The second-order valence-electron chi connectivity index (χ2n) is 3.97. The average molecular weight is 239 g/mol. The van der Waals surface area contributed by atoms with Crippen LogP contribution in [-0.4, -0.2) is 7.11 Å². The van der Waals surface area contributed by atoms with E-state index in [1.165, 1.54) is 5.56 Å². The fourth-order valence-corrected chi connectivity index (χ4v) is 1.64. The molecular weight excluding hydrogens is 222 g/mol. The molecule has 0 saturated heterocycles. The van der Waals surface area contributed by atoms with Crippen molar-refractivity contribution in [3.63, 3.8) is 0 Å². The molecule has 0 saturated carbocycles. The zero-order valence-corrected chi connectivity index (χ0v) is 10.5. The van der Waals surface area contributed by atoms with Gasteiger partial charge in [0.05, 0.1) is 7.11 Å². The van der Waals surface area contributed by atoms with E-state index < -0.39 is 0 Å². The summed E-state index contributed by atoms with van der Waals surface area (Å²) < 4.78 is 5.11. The Morgan fingerprint density at radius 1 is 1.00 bits per heavy atom. The molecule has 2 aromatic rings. The van der Waals surface area contributed by atoms with E-state index in [4.69, 9.17) is 4.74 Å². The van der Waals surface area contributed by atoms with E-state index in [-0.39, 0.29) is 0 Å². The molecule has 0 aliphatic heterocycles. The number of nitrogens with one attached hydrogen (secondary N) is 1. The Bertz CT molecular complexity index is 488. The van der Waals surface area contributed by atoms with Gasteiger partial charge in [-0.2, -0.15) is 0 Å². The Morgan fingerprint density at radius 3 is 2.39 bits per heavy atom. The van der Waals surface area contributed by atoms with E-state index >= 15 is 0 Å². The normalized spacial score (nSPS) is 10.5. The lowest BCUT2D eigenvalue weighted by molar-refractivity contribution is 0.415. The first-order chi connectivity index (χ1) is 8.88. The Balaban J connectivity index is 1.84. The summed E-state index contributed by atoms with van der Waals surface area (Å²) in [6.07, 6.45) is 4.01. The van der Waals surface area contributed by atoms with Crippen LogP contribution < -0.4 is 10.1 Å². The van der Waals surface area contributed by atoms with Crippen molar-refractivity contribution in [2.45, 2.75) is 6.54 Å². The van der Waals surface area contributed by atoms with Crippen LogP contribution in [0.4, 0.5) is 0 Å². The summed E-state index contributed by atoms with van der Waals surface area (Å²) in [6, 6.07) is 18.3. The molecule has 0 atom stereocenters. The fraction of sp³-hybridized carbons (Fsp3) is 0.125. The summed E-state index contributed by atoms with van der Waals surface area (Å²) in [5, 5.41) is 3.27. The Hall–Kier alpha value is -2.22. The zero-order chi connectivity index (χ0) is 12.6. The van der Waals surface area contributed by atoms with Gasteiger partial charge in [0.15, 0.2) is 0 Å². The molecule has 2 aromatic carbocycles. The molecule has 2 rings (SSSR count). The van der Waals surface area contributed by atoms with Crippen molar-refractivity contribution in [3.05, 3.63) is 71.9 Å². The molecule has 0 amide bonds. The number of rotatable bonds is 5. The number of hydrogen-bond acceptors (Lipinski definition) is 2. The van der Waals surface area contributed by atoms with E-state index in [0.29, 0.717) is 0 Å². The molecule has 1 N–H and O–H groups in total. The fourth-order valence-electron chi connectivity index (χ4n) is 1.64. The molecule has 0 unspecified atom stereocenters. The highest BCUT2D eigenvalue weighted by atomic mass is 16.5. The monoisotopic (exact) mass is 239 g/mol. The quantitative estimate of drug-likeness (QED) is 0.862. The maximum atomic E-state index is 5.11. The summed E-state index contributed by atoms with van der Waals surface area (Å²) in [6.45, 7) is 0.841. The van der Waals surface area contributed by atoms with Crippen molar-refractivity contribution < 1.29 is 4.74 Å². The van der Waals surface area contributed by atoms with Gasteiger partial charge in [0, 0.05) is 6.54 Å². The molecule has 0 spiro atoms. The Labute approximate surface area is 108 Å². The van der Waals surface area contributed by atoms with Crippen molar-refractivity contribution in [1.82, 2.24) is 5.32 Å². The molecule has 0 aliphatic rings. The van der Waals surface area contributed by atoms with Crippen LogP contribution in [-0.2, 0) is 6.54 Å². The number of benzene rings is 2. The lowest BCUT2D eigenvalue weighted by Gasteiger charge is -2.01. The van der Waals surface area contributed by atoms with Crippen LogP contribution in [0.2, 0.25) is 0 Å². The minimum absolute atomic E-state index is 0.841. The summed E-state index contributed by atoms with van der Waals surface area (Å²) in [7, 11) is 1.67. The number of hydrogen-bond donors (Lipinski definition) is 1. The molecular formula is C16H17NO. The van der Waals surface area contributed by atoms with Gasteiger partial charge in [-0.1, -0.05) is 42.5 Å². The van der Waals surface area contributed by atoms with Gasteiger partial charge in [0.25, 0.3) is 0 Å². The van der Waals surface area contributed by atoms with Gasteiger partial charge in [-0.15, -0.1) is 0 Å². The first-order valence-corrected chi connectivity index (χ1v) is 5.96. The van der Waals surface area contributed by atoms with Gasteiger partial charge in [0.1, 0.15) is 5.75 Å². The molecule has 0 radical (unpaired) electrons. The van der Waals surface area contributed by atoms with E-state index in [2.05, 4.69) is 17.4 Å². The van der Waals surface area contributed by atoms with E-state index in [9.17, 15) is 0 Å². The van der Waals surface area contributed by atoms with Crippen LogP contribution in [0.25, 0.3) is 6.08 Å². The molecule has 0 heterocycles. The maximum Gasteiger partial charge on any atom is 0.118 e. The van der Waals surface area contributed by atoms with Crippen LogP contribution in [0.15, 0.2) is 60.8 Å². The van der Waals surface area contributed by atoms with Crippen LogP contribution in [0.5, 0.6) is 5.75 Å². The summed E-state index contributed by atoms with van der Waals surface area (Å²) >= 11 is 0. The average Bonchev–Trinajstić information content (AvgIpc) is 2.45. The van der Waals surface area contributed by atoms with E-state index in [1.54, 1.807) is 7.11 Å². The van der Waals surface area contributed by atoms with Crippen molar-refractivity contribution in [3.8, 4) is 5.75 Å². The largest absolute Gasteiger partial charge is 0.497 e. The van der Waals surface area contributed by atoms with Crippen LogP contribution in [0.3, 0.4) is 0 Å². The third kappa shape index (κ3) is 3.67. The van der Waals surface area contributed by atoms with Gasteiger partial charge >= 0.3 is 0 Å². The molecule has 2 nitrogen and oxygen atoms in total. The van der Waals surface area contributed by atoms with Gasteiger partial charge < -0.3 is 10.1 Å². The minimum atomic E-state index is 0.841. The van der Waals surface area contributed by atoms with Crippen molar-refractivity contribution >= 4 is 6.08 Å². The molecule has 0 fully saturated rings. The highest BCUT2D eigenvalue weighted by Gasteiger charge is 1.90. The van der Waals surface area contributed by atoms with Crippen molar-refractivity contribution in [2.75, 3.05) is 7.11 Å². The van der Waals surface area contributed by atoms with Gasteiger partial charge in [0.2, 0.25) is 0 Å². The van der Waals surface area contributed by atoms with Crippen LogP contribution in [0, 0.1) is 0 Å². The second kappa shape index (κ2) is 6.50. The summed E-state index contributed by atoms with van der Waals surface area (Å²) in [4.78, 5) is 0. The Kier molecular flexibility index (Phi) is 4.42. The third-order valence-corrected chi connectivity index (χ3v) is 2.66. The highest BCUT2D eigenvalue weighted by molar-refractivity contribution is 5.50. The molecule has 92 valence electrons. The predicted molar refractivity (Wildman–Crippen MR) is 75.3 cm³/mol. The molecule has 18 heavy (non-hydrogen) atoms. The predicted octanol–water partition coefficient (Wildman–Crippen LogP) is 3.46. The zero-order valence-electron chi connectivity index (χ0n) is 10.5. The maximum absolute atomic E-state index is 5.11. The molecule has 0 bridgehead atoms. The Morgan fingerprint density at radius 2 is 1.72 bits per heavy atom. The lowest BCUT2D eigenvalue weighted by Crippen LogP contribution is -2.03. The van der Waals surface area contributed by atoms with Crippen LogP contribution >= 0.6 is 0 Å². The first kappa shape index (κ1) is 12.2. The SMILES string of the molecule is COc1ccc(C=CNCc2ccccc2)cc1.